The fraction of sp³-hybridized carbons (Fsp3) is 0.600. The first-order chi connectivity index (χ1) is 9.03. The van der Waals surface area contributed by atoms with Crippen LogP contribution in [0.2, 0.25) is 0 Å². The maximum atomic E-state index is 11.6. The molecular formula is C15H21ClO2S. The van der Waals surface area contributed by atoms with Crippen LogP contribution in [0.3, 0.4) is 0 Å². The first-order valence-corrected chi connectivity index (χ1v) is 9.21. The number of hydrogen-bond donors (Lipinski definition) is 0. The van der Waals surface area contributed by atoms with Crippen molar-refractivity contribution in [3.63, 3.8) is 0 Å². The molecular weight excluding hydrogens is 280 g/mol. The Morgan fingerprint density at radius 3 is 2.79 bits per heavy atom. The SMILES string of the molecule is CCS(=O)(=O)CCC1CCCc2ccccc2C1Cl. The molecule has 0 radical (unpaired) electrons. The van der Waals surface area contributed by atoms with E-state index in [-0.39, 0.29) is 22.8 Å². The lowest BCUT2D eigenvalue weighted by Crippen LogP contribution is -2.15. The molecule has 106 valence electrons. The first-order valence-electron chi connectivity index (χ1n) is 6.96. The lowest BCUT2D eigenvalue weighted by molar-refractivity contribution is 0.452. The summed E-state index contributed by atoms with van der Waals surface area (Å²) in [7, 11) is -2.89. The molecule has 0 saturated heterocycles. The van der Waals surface area contributed by atoms with E-state index in [9.17, 15) is 8.42 Å². The van der Waals surface area contributed by atoms with Crippen LogP contribution in [0.25, 0.3) is 0 Å². The molecule has 0 N–H and O–H groups in total. The Balaban J connectivity index is 2.11. The molecule has 0 aromatic heterocycles. The molecule has 2 rings (SSSR count). The topological polar surface area (TPSA) is 34.1 Å². The number of fused-ring (bicyclic) bond motifs is 1. The molecule has 0 bridgehead atoms. The highest BCUT2D eigenvalue weighted by atomic mass is 35.5. The number of alkyl halides is 1. The van der Waals surface area contributed by atoms with Gasteiger partial charge in [0.2, 0.25) is 0 Å². The number of halogens is 1. The zero-order valence-electron chi connectivity index (χ0n) is 11.3. The molecule has 0 spiro atoms. The van der Waals surface area contributed by atoms with E-state index in [0.29, 0.717) is 6.42 Å². The number of rotatable bonds is 4. The Morgan fingerprint density at radius 2 is 2.05 bits per heavy atom. The quantitative estimate of drug-likeness (QED) is 0.627. The van der Waals surface area contributed by atoms with Crippen LogP contribution in [0.4, 0.5) is 0 Å². The Morgan fingerprint density at radius 1 is 1.32 bits per heavy atom. The first kappa shape index (κ1) is 14.9. The van der Waals surface area contributed by atoms with Crippen molar-refractivity contribution in [1.29, 1.82) is 0 Å². The Hall–Kier alpha value is -0.540. The molecule has 0 fully saturated rings. The van der Waals surface area contributed by atoms with E-state index in [1.54, 1.807) is 6.92 Å². The highest BCUT2D eigenvalue weighted by Crippen LogP contribution is 2.39. The van der Waals surface area contributed by atoms with Gasteiger partial charge in [-0.15, -0.1) is 11.6 Å². The minimum Gasteiger partial charge on any atom is -0.229 e. The van der Waals surface area contributed by atoms with Crippen LogP contribution in [0, 0.1) is 5.92 Å². The van der Waals surface area contributed by atoms with Gasteiger partial charge in [0, 0.05) is 5.75 Å². The number of aryl methyl sites for hydroxylation is 1. The lowest BCUT2D eigenvalue weighted by Gasteiger charge is -2.21. The number of hydrogen-bond acceptors (Lipinski definition) is 2. The van der Waals surface area contributed by atoms with Gasteiger partial charge in [-0.25, -0.2) is 8.42 Å². The summed E-state index contributed by atoms with van der Waals surface area (Å²) >= 11 is 6.59. The molecule has 1 aliphatic rings. The Bertz CT molecular complexity index is 525. The van der Waals surface area contributed by atoms with Crippen molar-refractivity contribution in [2.45, 2.75) is 38.0 Å². The normalized spacial score (nSPS) is 23.7. The second-order valence-electron chi connectivity index (χ2n) is 5.28. The lowest BCUT2D eigenvalue weighted by atomic mass is 9.94. The number of benzene rings is 1. The summed E-state index contributed by atoms with van der Waals surface area (Å²) < 4.78 is 23.3. The summed E-state index contributed by atoms with van der Waals surface area (Å²) in [4.78, 5) is 0. The van der Waals surface area contributed by atoms with Crippen LogP contribution in [-0.2, 0) is 16.3 Å². The molecule has 1 aromatic rings. The van der Waals surface area contributed by atoms with Crippen LogP contribution in [0.1, 0.15) is 42.7 Å². The van der Waals surface area contributed by atoms with Gasteiger partial charge >= 0.3 is 0 Å². The van der Waals surface area contributed by atoms with Crippen LogP contribution in [-0.4, -0.2) is 19.9 Å². The molecule has 0 saturated carbocycles. The van der Waals surface area contributed by atoms with E-state index in [4.69, 9.17) is 11.6 Å². The Kier molecular flexibility index (Phi) is 4.91. The maximum Gasteiger partial charge on any atom is 0.150 e. The molecule has 2 unspecified atom stereocenters. The van der Waals surface area contributed by atoms with Crippen molar-refractivity contribution < 1.29 is 8.42 Å². The van der Waals surface area contributed by atoms with Gasteiger partial charge in [-0.1, -0.05) is 31.2 Å². The summed E-state index contributed by atoms with van der Waals surface area (Å²) in [5.41, 5.74) is 2.52. The van der Waals surface area contributed by atoms with Gasteiger partial charge in [0.05, 0.1) is 11.1 Å². The van der Waals surface area contributed by atoms with E-state index in [1.165, 1.54) is 11.1 Å². The van der Waals surface area contributed by atoms with Crippen molar-refractivity contribution in [2.24, 2.45) is 5.92 Å². The summed E-state index contributed by atoms with van der Waals surface area (Å²) in [6, 6.07) is 8.28. The molecule has 1 aliphatic carbocycles. The predicted molar refractivity (Wildman–Crippen MR) is 80.4 cm³/mol. The van der Waals surface area contributed by atoms with E-state index >= 15 is 0 Å². The third-order valence-electron chi connectivity index (χ3n) is 4.03. The van der Waals surface area contributed by atoms with Gasteiger partial charge in [0.25, 0.3) is 0 Å². The van der Waals surface area contributed by atoms with Gasteiger partial charge in [0.15, 0.2) is 0 Å². The third kappa shape index (κ3) is 3.73. The number of sulfone groups is 1. The van der Waals surface area contributed by atoms with Crippen LogP contribution >= 0.6 is 11.6 Å². The summed E-state index contributed by atoms with van der Waals surface area (Å²) in [6.45, 7) is 1.70. The predicted octanol–water partition coefficient (Wildman–Crippen LogP) is 3.74. The molecule has 19 heavy (non-hydrogen) atoms. The third-order valence-corrected chi connectivity index (χ3v) is 6.36. The molecule has 2 atom stereocenters. The molecule has 0 heterocycles. The maximum absolute atomic E-state index is 11.6. The smallest absolute Gasteiger partial charge is 0.150 e. The van der Waals surface area contributed by atoms with Gasteiger partial charge in [-0.2, -0.15) is 0 Å². The van der Waals surface area contributed by atoms with Gasteiger partial charge < -0.3 is 0 Å². The Labute approximate surface area is 121 Å². The monoisotopic (exact) mass is 300 g/mol. The van der Waals surface area contributed by atoms with Crippen LogP contribution in [0.5, 0.6) is 0 Å². The molecule has 1 aromatic carbocycles. The zero-order valence-corrected chi connectivity index (χ0v) is 12.9. The van der Waals surface area contributed by atoms with Crippen molar-refractivity contribution in [1.82, 2.24) is 0 Å². The average molecular weight is 301 g/mol. The molecule has 2 nitrogen and oxygen atoms in total. The molecule has 0 aliphatic heterocycles. The summed E-state index contributed by atoms with van der Waals surface area (Å²) in [5.74, 6) is 0.759. The second kappa shape index (κ2) is 6.27. The fourth-order valence-electron chi connectivity index (χ4n) is 2.75. The van der Waals surface area contributed by atoms with Gasteiger partial charge in [-0.3, -0.25) is 0 Å². The molecule has 0 amide bonds. The van der Waals surface area contributed by atoms with E-state index in [0.717, 1.165) is 19.3 Å². The minimum atomic E-state index is -2.89. The molecule has 4 heteroatoms. The zero-order chi connectivity index (χ0) is 13.9. The van der Waals surface area contributed by atoms with E-state index in [2.05, 4.69) is 12.1 Å². The summed E-state index contributed by atoms with van der Waals surface area (Å²) in [5, 5.41) is -0.0502. The van der Waals surface area contributed by atoms with Crippen molar-refractivity contribution >= 4 is 21.4 Å². The second-order valence-corrected chi connectivity index (χ2v) is 8.22. The van der Waals surface area contributed by atoms with Gasteiger partial charge in [0.1, 0.15) is 9.84 Å². The van der Waals surface area contributed by atoms with E-state index in [1.807, 2.05) is 12.1 Å². The van der Waals surface area contributed by atoms with E-state index < -0.39 is 9.84 Å². The standard InChI is InChI=1S/C15H21ClO2S/c1-2-19(17,18)11-10-13-8-5-7-12-6-3-4-9-14(12)15(13)16/h3-4,6,9,13,15H,2,5,7-8,10-11H2,1H3. The fourth-order valence-corrected chi connectivity index (χ4v) is 4.17. The highest BCUT2D eigenvalue weighted by Gasteiger charge is 2.26. The average Bonchev–Trinajstić information content (AvgIpc) is 2.57. The highest BCUT2D eigenvalue weighted by molar-refractivity contribution is 7.91. The van der Waals surface area contributed by atoms with Crippen molar-refractivity contribution in [3.8, 4) is 0 Å². The van der Waals surface area contributed by atoms with Crippen molar-refractivity contribution in [2.75, 3.05) is 11.5 Å². The minimum absolute atomic E-state index is 0.0502. The summed E-state index contributed by atoms with van der Waals surface area (Å²) in [6.07, 6.45) is 3.84. The van der Waals surface area contributed by atoms with Crippen LogP contribution in [0.15, 0.2) is 24.3 Å². The van der Waals surface area contributed by atoms with Gasteiger partial charge in [-0.05, 0) is 42.7 Å². The van der Waals surface area contributed by atoms with Crippen LogP contribution < -0.4 is 0 Å². The van der Waals surface area contributed by atoms with Crippen molar-refractivity contribution in [3.05, 3.63) is 35.4 Å². The largest absolute Gasteiger partial charge is 0.229 e.